The lowest BCUT2D eigenvalue weighted by atomic mass is 10.1. The first-order valence-corrected chi connectivity index (χ1v) is 6.16. The summed E-state index contributed by atoms with van der Waals surface area (Å²) in [6.07, 6.45) is 3.02. The Bertz CT molecular complexity index is 463. The van der Waals surface area contributed by atoms with Gasteiger partial charge in [0.2, 0.25) is 0 Å². The number of ether oxygens (including phenoxy) is 1. The van der Waals surface area contributed by atoms with Crippen LogP contribution in [0.5, 0.6) is 5.75 Å². The van der Waals surface area contributed by atoms with Crippen molar-refractivity contribution in [3.63, 3.8) is 0 Å². The fourth-order valence-electron chi connectivity index (χ4n) is 2.09. The Morgan fingerprint density at radius 2 is 2.37 bits per heavy atom. The summed E-state index contributed by atoms with van der Waals surface area (Å²) < 4.78 is 5.48. The Labute approximate surface area is 111 Å². The third-order valence-corrected chi connectivity index (χ3v) is 3.14. The van der Waals surface area contributed by atoms with Crippen molar-refractivity contribution in [2.24, 2.45) is 5.92 Å². The van der Waals surface area contributed by atoms with Gasteiger partial charge in [0.1, 0.15) is 5.75 Å². The maximum atomic E-state index is 12.1. The van der Waals surface area contributed by atoms with Gasteiger partial charge >= 0.3 is 5.97 Å². The van der Waals surface area contributed by atoms with Crippen molar-refractivity contribution in [1.82, 2.24) is 9.88 Å². The Hall–Kier alpha value is -2.11. The van der Waals surface area contributed by atoms with Gasteiger partial charge in [0, 0.05) is 19.3 Å². The number of rotatable bonds is 4. The number of aromatic nitrogens is 1. The molecule has 6 heteroatoms. The van der Waals surface area contributed by atoms with Gasteiger partial charge in [-0.25, -0.2) is 0 Å². The van der Waals surface area contributed by atoms with E-state index in [1.165, 1.54) is 6.20 Å². The minimum Gasteiger partial charge on any atom is -0.481 e. The molecule has 1 fully saturated rings. The summed E-state index contributed by atoms with van der Waals surface area (Å²) in [7, 11) is 0. The Balaban J connectivity index is 1.91. The van der Waals surface area contributed by atoms with Crippen LogP contribution in [0.1, 0.15) is 13.3 Å². The van der Waals surface area contributed by atoms with E-state index >= 15 is 0 Å². The summed E-state index contributed by atoms with van der Waals surface area (Å²) in [5, 5.41) is 8.91. The highest BCUT2D eigenvalue weighted by atomic mass is 16.5. The average molecular weight is 264 g/mol. The smallest absolute Gasteiger partial charge is 0.308 e. The van der Waals surface area contributed by atoms with Gasteiger partial charge in [-0.3, -0.25) is 14.6 Å². The van der Waals surface area contributed by atoms with E-state index in [1.807, 2.05) is 0 Å². The van der Waals surface area contributed by atoms with Crippen molar-refractivity contribution in [1.29, 1.82) is 0 Å². The lowest BCUT2D eigenvalue weighted by Crippen LogP contribution is -2.39. The lowest BCUT2D eigenvalue weighted by Gasteiger charge is -2.21. The second-order valence-electron chi connectivity index (χ2n) is 4.56. The normalized spacial score (nSPS) is 20.1. The van der Waals surface area contributed by atoms with Crippen LogP contribution in [-0.2, 0) is 9.59 Å². The SMILES string of the molecule is CC(Oc1cccnc1)C(=O)N1CCC(C(=O)O)C1. The molecular weight excluding hydrogens is 248 g/mol. The van der Waals surface area contributed by atoms with Crippen LogP contribution in [-0.4, -0.2) is 46.1 Å². The topological polar surface area (TPSA) is 79.7 Å². The third kappa shape index (κ3) is 3.21. The molecule has 1 aromatic rings. The van der Waals surface area contributed by atoms with E-state index in [4.69, 9.17) is 9.84 Å². The molecule has 2 unspecified atom stereocenters. The summed E-state index contributed by atoms with van der Waals surface area (Å²) in [6, 6.07) is 3.45. The molecule has 0 spiro atoms. The first-order chi connectivity index (χ1) is 9.08. The maximum absolute atomic E-state index is 12.1. The molecule has 1 aliphatic heterocycles. The zero-order valence-corrected chi connectivity index (χ0v) is 10.7. The van der Waals surface area contributed by atoms with Crippen molar-refractivity contribution in [3.8, 4) is 5.75 Å². The van der Waals surface area contributed by atoms with E-state index in [9.17, 15) is 9.59 Å². The molecule has 0 radical (unpaired) electrons. The molecule has 1 amide bonds. The molecule has 2 atom stereocenters. The van der Waals surface area contributed by atoms with Gasteiger partial charge in [-0.05, 0) is 25.5 Å². The van der Waals surface area contributed by atoms with E-state index in [2.05, 4.69) is 4.98 Å². The van der Waals surface area contributed by atoms with Crippen LogP contribution in [0.25, 0.3) is 0 Å². The highest BCUT2D eigenvalue weighted by molar-refractivity contribution is 5.82. The number of carbonyl (C=O) groups is 2. The Morgan fingerprint density at radius 1 is 1.58 bits per heavy atom. The van der Waals surface area contributed by atoms with Gasteiger partial charge in [0.15, 0.2) is 6.10 Å². The van der Waals surface area contributed by atoms with Gasteiger partial charge in [0.25, 0.3) is 5.91 Å². The second-order valence-corrected chi connectivity index (χ2v) is 4.56. The van der Waals surface area contributed by atoms with Crippen molar-refractivity contribution in [3.05, 3.63) is 24.5 Å². The zero-order chi connectivity index (χ0) is 13.8. The van der Waals surface area contributed by atoms with Crippen LogP contribution in [0.3, 0.4) is 0 Å². The maximum Gasteiger partial charge on any atom is 0.308 e. The highest BCUT2D eigenvalue weighted by Gasteiger charge is 2.33. The largest absolute Gasteiger partial charge is 0.481 e. The Morgan fingerprint density at radius 3 is 2.95 bits per heavy atom. The second kappa shape index (κ2) is 5.69. The minimum atomic E-state index is -0.851. The molecule has 102 valence electrons. The molecular formula is C13H16N2O4. The van der Waals surface area contributed by atoms with Crippen LogP contribution in [0.2, 0.25) is 0 Å². The monoisotopic (exact) mass is 264 g/mol. The predicted molar refractivity (Wildman–Crippen MR) is 66.6 cm³/mol. The molecule has 6 nitrogen and oxygen atoms in total. The number of carboxylic acid groups (broad SMARTS) is 1. The van der Waals surface area contributed by atoms with Gasteiger partial charge < -0.3 is 14.7 Å². The number of aliphatic carboxylic acids is 1. The summed E-state index contributed by atoms with van der Waals surface area (Å²) in [5.74, 6) is -0.976. The average Bonchev–Trinajstić information content (AvgIpc) is 2.88. The molecule has 0 aliphatic carbocycles. The number of hydrogen-bond acceptors (Lipinski definition) is 4. The quantitative estimate of drug-likeness (QED) is 0.869. The predicted octanol–water partition coefficient (Wildman–Crippen LogP) is 0.782. The van der Waals surface area contributed by atoms with E-state index < -0.39 is 18.0 Å². The number of nitrogens with zero attached hydrogens (tertiary/aromatic N) is 2. The standard InChI is InChI=1S/C13H16N2O4/c1-9(19-11-3-2-5-14-7-11)12(16)15-6-4-10(8-15)13(17)18/h2-3,5,7,9-10H,4,6,8H2,1H3,(H,17,18). The molecule has 1 saturated heterocycles. The number of carbonyl (C=O) groups excluding carboxylic acids is 1. The third-order valence-electron chi connectivity index (χ3n) is 3.14. The summed E-state index contributed by atoms with van der Waals surface area (Å²) in [6.45, 7) is 2.38. The highest BCUT2D eigenvalue weighted by Crippen LogP contribution is 2.18. The van der Waals surface area contributed by atoms with E-state index in [0.717, 1.165) is 0 Å². The summed E-state index contributed by atoms with van der Waals surface area (Å²) >= 11 is 0. The van der Waals surface area contributed by atoms with Crippen LogP contribution in [0, 0.1) is 5.92 Å². The fraction of sp³-hybridized carbons (Fsp3) is 0.462. The molecule has 1 aromatic heterocycles. The van der Waals surface area contributed by atoms with Crippen LogP contribution < -0.4 is 4.74 Å². The van der Waals surface area contributed by atoms with Crippen LogP contribution in [0.15, 0.2) is 24.5 Å². The van der Waals surface area contributed by atoms with Crippen molar-refractivity contribution in [2.45, 2.75) is 19.4 Å². The molecule has 19 heavy (non-hydrogen) atoms. The Kier molecular flexibility index (Phi) is 3.99. The minimum absolute atomic E-state index is 0.187. The van der Waals surface area contributed by atoms with E-state index in [-0.39, 0.29) is 12.5 Å². The molecule has 0 saturated carbocycles. The van der Waals surface area contributed by atoms with Crippen LogP contribution in [0.4, 0.5) is 0 Å². The fourth-order valence-corrected chi connectivity index (χ4v) is 2.09. The molecule has 2 heterocycles. The van der Waals surface area contributed by atoms with E-state index in [0.29, 0.717) is 18.7 Å². The zero-order valence-electron chi connectivity index (χ0n) is 10.7. The van der Waals surface area contributed by atoms with Gasteiger partial charge in [0.05, 0.1) is 12.1 Å². The van der Waals surface area contributed by atoms with Gasteiger partial charge in [-0.2, -0.15) is 0 Å². The summed E-state index contributed by atoms with van der Waals surface area (Å²) in [4.78, 5) is 28.4. The molecule has 0 bridgehead atoms. The van der Waals surface area contributed by atoms with Crippen molar-refractivity contribution < 1.29 is 19.4 Å². The van der Waals surface area contributed by atoms with Gasteiger partial charge in [-0.15, -0.1) is 0 Å². The number of likely N-dealkylation sites (tertiary alicyclic amines) is 1. The molecule has 1 aliphatic rings. The number of carboxylic acids is 1. The first-order valence-electron chi connectivity index (χ1n) is 6.16. The summed E-state index contributed by atoms with van der Waals surface area (Å²) in [5.41, 5.74) is 0. The number of pyridine rings is 1. The van der Waals surface area contributed by atoms with Crippen LogP contribution >= 0.6 is 0 Å². The van der Waals surface area contributed by atoms with Crippen molar-refractivity contribution >= 4 is 11.9 Å². The number of amides is 1. The first kappa shape index (κ1) is 13.3. The molecule has 2 rings (SSSR count). The van der Waals surface area contributed by atoms with E-state index in [1.54, 1.807) is 30.2 Å². The van der Waals surface area contributed by atoms with Crippen molar-refractivity contribution in [2.75, 3.05) is 13.1 Å². The molecule has 1 N–H and O–H groups in total. The number of hydrogen-bond donors (Lipinski definition) is 1. The van der Waals surface area contributed by atoms with Gasteiger partial charge in [-0.1, -0.05) is 0 Å². The molecule has 0 aromatic carbocycles. The lowest BCUT2D eigenvalue weighted by molar-refractivity contribution is -0.142.